The average molecular weight is 296 g/mol. The molecule has 0 saturated carbocycles. The molecular formula is C16H15F3O2. The molecule has 2 aromatic rings. The van der Waals surface area contributed by atoms with Gasteiger partial charge in [-0.25, -0.2) is 0 Å². The maximum Gasteiger partial charge on any atom is 0.425 e. The number of benzene rings is 2. The Kier molecular flexibility index (Phi) is 3.96. The standard InChI is InChI=1S/C16H15F3O2/c1-11-4-3-5-13(10-11)15(20,16(17,18)19)12-6-8-14(21-2)9-7-12/h3-10,20H,1-2H3. The van der Waals surface area contributed by atoms with Crippen molar-refractivity contribution in [1.29, 1.82) is 0 Å². The second kappa shape index (κ2) is 5.41. The first-order valence-electron chi connectivity index (χ1n) is 6.30. The number of ether oxygens (including phenoxy) is 1. The van der Waals surface area contributed by atoms with Gasteiger partial charge in [0.15, 0.2) is 0 Å². The molecule has 0 aliphatic rings. The number of aliphatic hydroxyl groups is 1. The van der Waals surface area contributed by atoms with Crippen LogP contribution in [0.3, 0.4) is 0 Å². The van der Waals surface area contributed by atoms with Crippen LogP contribution in [0.15, 0.2) is 48.5 Å². The molecule has 21 heavy (non-hydrogen) atoms. The second-order valence-electron chi connectivity index (χ2n) is 4.81. The Bertz CT molecular complexity index is 620. The summed E-state index contributed by atoms with van der Waals surface area (Å²) in [5, 5.41) is 10.4. The molecule has 2 nitrogen and oxygen atoms in total. The molecule has 0 spiro atoms. The van der Waals surface area contributed by atoms with Crippen LogP contribution in [0.25, 0.3) is 0 Å². The summed E-state index contributed by atoms with van der Waals surface area (Å²) < 4.78 is 45.5. The van der Waals surface area contributed by atoms with Crippen molar-refractivity contribution in [3.63, 3.8) is 0 Å². The van der Waals surface area contributed by atoms with E-state index in [4.69, 9.17) is 4.74 Å². The van der Waals surface area contributed by atoms with Crippen molar-refractivity contribution in [2.24, 2.45) is 0 Å². The zero-order valence-corrected chi connectivity index (χ0v) is 11.6. The minimum Gasteiger partial charge on any atom is -0.497 e. The Hall–Kier alpha value is -2.01. The van der Waals surface area contributed by atoms with Crippen molar-refractivity contribution in [2.75, 3.05) is 7.11 Å². The highest BCUT2D eigenvalue weighted by Crippen LogP contribution is 2.44. The topological polar surface area (TPSA) is 29.5 Å². The predicted octanol–water partition coefficient (Wildman–Crippen LogP) is 3.80. The first-order valence-corrected chi connectivity index (χ1v) is 6.30. The Balaban J connectivity index is 2.61. The normalized spacial score (nSPS) is 14.6. The van der Waals surface area contributed by atoms with Crippen molar-refractivity contribution in [1.82, 2.24) is 0 Å². The number of hydrogen-bond acceptors (Lipinski definition) is 2. The molecule has 1 N–H and O–H groups in total. The van der Waals surface area contributed by atoms with Crippen LogP contribution in [-0.4, -0.2) is 18.4 Å². The van der Waals surface area contributed by atoms with Crippen LogP contribution in [0.5, 0.6) is 5.75 Å². The third-order valence-electron chi connectivity index (χ3n) is 3.35. The van der Waals surface area contributed by atoms with Gasteiger partial charge in [-0.15, -0.1) is 0 Å². The van der Waals surface area contributed by atoms with E-state index >= 15 is 0 Å². The second-order valence-corrected chi connectivity index (χ2v) is 4.81. The van der Waals surface area contributed by atoms with Crippen LogP contribution in [0.4, 0.5) is 13.2 Å². The van der Waals surface area contributed by atoms with Gasteiger partial charge in [-0.2, -0.15) is 13.2 Å². The maximum absolute atomic E-state index is 13.5. The largest absolute Gasteiger partial charge is 0.497 e. The van der Waals surface area contributed by atoms with Gasteiger partial charge in [-0.3, -0.25) is 0 Å². The third-order valence-corrected chi connectivity index (χ3v) is 3.35. The summed E-state index contributed by atoms with van der Waals surface area (Å²) in [5.41, 5.74) is -2.86. The quantitative estimate of drug-likeness (QED) is 0.933. The summed E-state index contributed by atoms with van der Waals surface area (Å²) in [7, 11) is 1.42. The fourth-order valence-electron chi connectivity index (χ4n) is 2.20. The molecule has 0 amide bonds. The van der Waals surface area contributed by atoms with Crippen molar-refractivity contribution in [3.05, 3.63) is 65.2 Å². The lowest BCUT2D eigenvalue weighted by Crippen LogP contribution is -2.43. The molecule has 0 heterocycles. The van der Waals surface area contributed by atoms with Crippen molar-refractivity contribution in [3.8, 4) is 5.75 Å². The molecule has 2 aromatic carbocycles. The van der Waals surface area contributed by atoms with Crippen LogP contribution < -0.4 is 4.74 Å². The Morgan fingerprint density at radius 2 is 1.57 bits per heavy atom. The summed E-state index contributed by atoms with van der Waals surface area (Å²) in [4.78, 5) is 0. The van der Waals surface area contributed by atoms with E-state index in [0.717, 1.165) is 0 Å². The van der Waals surface area contributed by atoms with Crippen molar-refractivity contribution < 1.29 is 23.0 Å². The van der Waals surface area contributed by atoms with E-state index in [1.807, 2.05) is 0 Å². The Morgan fingerprint density at radius 3 is 2.05 bits per heavy atom. The van der Waals surface area contributed by atoms with Crippen molar-refractivity contribution >= 4 is 0 Å². The number of hydrogen-bond donors (Lipinski definition) is 1. The van der Waals surface area contributed by atoms with Gasteiger partial charge < -0.3 is 9.84 Å². The summed E-state index contributed by atoms with van der Waals surface area (Å²) in [6.07, 6.45) is -4.84. The fourth-order valence-corrected chi connectivity index (χ4v) is 2.20. The zero-order chi connectivity index (χ0) is 15.7. The number of methoxy groups -OCH3 is 1. The van der Waals surface area contributed by atoms with E-state index < -0.39 is 11.8 Å². The van der Waals surface area contributed by atoms with E-state index in [2.05, 4.69) is 0 Å². The molecule has 0 aliphatic carbocycles. The van der Waals surface area contributed by atoms with Crippen molar-refractivity contribution in [2.45, 2.75) is 18.7 Å². The summed E-state index contributed by atoms with van der Waals surface area (Å²) in [6.45, 7) is 1.67. The fraction of sp³-hybridized carbons (Fsp3) is 0.250. The monoisotopic (exact) mass is 296 g/mol. The molecule has 112 valence electrons. The summed E-state index contributed by atoms with van der Waals surface area (Å²) in [5.74, 6) is 0.424. The maximum atomic E-state index is 13.5. The van der Waals surface area contributed by atoms with E-state index in [-0.39, 0.29) is 11.1 Å². The van der Waals surface area contributed by atoms with Gasteiger partial charge in [-0.1, -0.05) is 42.0 Å². The molecule has 0 aliphatic heterocycles. The molecule has 5 heteroatoms. The minimum atomic E-state index is -4.84. The summed E-state index contributed by atoms with van der Waals surface area (Å²) in [6, 6.07) is 11.0. The van der Waals surface area contributed by atoms with Gasteiger partial charge in [0.2, 0.25) is 5.60 Å². The lowest BCUT2D eigenvalue weighted by Gasteiger charge is -2.31. The van der Waals surface area contributed by atoms with Gasteiger partial charge in [-0.05, 0) is 30.2 Å². The molecule has 1 atom stereocenters. The van der Waals surface area contributed by atoms with Crippen LogP contribution in [0.1, 0.15) is 16.7 Å². The highest BCUT2D eigenvalue weighted by Gasteiger charge is 2.56. The van der Waals surface area contributed by atoms with Gasteiger partial charge in [0.05, 0.1) is 7.11 Å². The first-order chi connectivity index (χ1) is 9.79. The zero-order valence-electron chi connectivity index (χ0n) is 11.6. The van der Waals surface area contributed by atoms with Crippen LogP contribution in [0.2, 0.25) is 0 Å². The molecule has 2 rings (SSSR count). The van der Waals surface area contributed by atoms with E-state index in [1.165, 1.54) is 49.6 Å². The Labute approximate surface area is 120 Å². The molecular weight excluding hydrogens is 281 g/mol. The van der Waals surface area contributed by atoms with E-state index in [1.54, 1.807) is 13.0 Å². The first kappa shape index (κ1) is 15.4. The van der Waals surface area contributed by atoms with Gasteiger partial charge in [0.1, 0.15) is 5.75 Å². The number of alkyl halides is 3. The molecule has 0 radical (unpaired) electrons. The summed E-state index contributed by atoms with van der Waals surface area (Å²) >= 11 is 0. The lowest BCUT2D eigenvalue weighted by atomic mass is 9.85. The number of halogens is 3. The smallest absolute Gasteiger partial charge is 0.425 e. The molecule has 0 aromatic heterocycles. The predicted molar refractivity (Wildman–Crippen MR) is 73.2 cm³/mol. The van der Waals surface area contributed by atoms with Gasteiger partial charge in [0, 0.05) is 0 Å². The third kappa shape index (κ3) is 2.74. The van der Waals surface area contributed by atoms with Crippen LogP contribution in [-0.2, 0) is 5.60 Å². The minimum absolute atomic E-state index is 0.208. The van der Waals surface area contributed by atoms with E-state index in [0.29, 0.717) is 11.3 Å². The van der Waals surface area contributed by atoms with Crippen LogP contribution >= 0.6 is 0 Å². The SMILES string of the molecule is COc1ccc(C(O)(c2cccc(C)c2)C(F)(F)F)cc1. The molecule has 0 fully saturated rings. The molecule has 1 unspecified atom stereocenters. The van der Waals surface area contributed by atoms with Gasteiger partial charge >= 0.3 is 6.18 Å². The van der Waals surface area contributed by atoms with Gasteiger partial charge in [0.25, 0.3) is 0 Å². The lowest BCUT2D eigenvalue weighted by molar-refractivity contribution is -0.248. The highest BCUT2D eigenvalue weighted by atomic mass is 19.4. The highest BCUT2D eigenvalue weighted by molar-refractivity contribution is 5.41. The number of rotatable bonds is 3. The van der Waals surface area contributed by atoms with Crippen LogP contribution in [0, 0.1) is 6.92 Å². The number of aryl methyl sites for hydroxylation is 1. The molecule has 0 bridgehead atoms. The average Bonchev–Trinajstić information content (AvgIpc) is 2.45. The Morgan fingerprint density at radius 1 is 0.952 bits per heavy atom. The van der Waals surface area contributed by atoms with E-state index in [9.17, 15) is 18.3 Å². The molecule has 0 saturated heterocycles.